The third-order valence-electron chi connectivity index (χ3n) is 2.19. The number of hydrazine groups is 1. The number of aromatic nitrogens is 4. The van der Waals surface area contributed by atoms with Crippen LogP contribution in [0.3, 0.4) is 0 Å². The number of aromatic amines is 1. The minimum atomic E-state index is -0.485. The molecule has 2 rings (SSSR count). The minimum absolute atomic E-state index is 0.229. The molecule has 2 aromatic rings. The van der Waals surface area contributed by atoms with Crippen LogP contribution < -0.4 is 11.3 Å². The van der Waals surface area contributed by atoms with Gasteiger partial charge in [-0.25, -0.2) is 20.8 Å². The predicted octanol–water partition coefficient (Wildman–Crippen LogP) is -0.550. The molecule has 0 aromatic carbocycles. The summed E-state index contributed by atoms with van der Waals surface area (Å²) in [6.45, 7) is 0.229. The van der Waals surface area contributed by atoms with Crippen LogP contribution in [0.5, 0.6) is 0 Å². The zero-order valence-electron chi connectivity index (χ0n) is 9.58. The Labute approximate surface area is 107 Å². The van der Waals surface area contributed by atoms with E-state index >= 15 is 0 Å². The molecule has 0 spiro atoms. The Kier molecular flexibility index (Phi) is 4.07. The fraction of sp³-hybridized carbons (Fsp3) is 0.333. The molecule has 0 saturated carbocycles. The lowest BCUT2D eigenvalue weighted by atomic mass is 10.4. The van der Waals surface area contributed by atoms with Crippen LogP contribution in [-0.2, 0) is 9.53 Å². The highest BCUT2D eigenvalue weighted by molar-refractivity contribution is 8.00. The van der Waals surface area contributed by atoms with Crippen molar-refractivity contribution in [1.82, 2.24) is 25.4 Å². The van der Waals surface area contributed by atoms with Gasteiger partial charge < -0.3 is 9.72 Å². The maximum Gasteiger partial charge on any atom is 0.249 e. The van der Waals surface area contributed by atoms with E-state index in [2.05, 4.69) is 25.4 Å². The standard InChI is InChI=1S/C9H12N6O2S/c1-17-2-5(8(16)15-10)18-9-6-7(12-3-11-6)13-4-14-9/h3-5H,2,10H2,1H3,(H,15,16)(H,11,12,13,14). The lowest BCUT2D eigenvalue weighted by molar-refractivity contribution is -0.121. The number of nitrogens with one attached hydrogen (secondary N) is 2. The first-order valence-electron chi connectivity index (χ1n) is 5.06. The van der Waals surface area contributed by atoms with E-state index in [0.717, 1.165) is 0 Å². The van der Waals surface area contributed by atoms with Gasteiger partial charge in [0.1, 0.15) is 22.1 Å². The van der Waals surface area contributed by atoms with Crippen LogP contribution in [0.15, 0.2) is 17.7 Å². The zero-order valence-corrected chi connectivity index (χ0v) is 10.4. The van der Waals surface area contributed by atoms with Crippen LogP contribution in [0.2, 0.25) is 0 Å². The van der Waals surface area contributed by atoms with Crippen LogP contribution in [0.1, 0.15) is 0 Å². The van der Waals surface area contributed by atoms with Gasteiger partial charge in [0.15, 0.2) is 5.65 Å². The number of nitrogens with zero attached hydrogens (tertiary/aromatic N) is 3. The number of rotatable bonds is 5. The molecule has 0 aliphatic carbocycles. The Bertz CT molecular complexity index is 545. The van der Waals surface area contributed by atoms with Gasteiger partial charge in [-0.1, -0.05) is 11.8 Å². The molecule has 1 atom stereocenters. The molecule has 1 amide bonds. The van der Waals surface area contributed by atoms with E-state index in [1.807, 2.05) is 0 Å². The van der Waals surface area contributed by atoms with Gasteiger partial charge in [-0.3, -0.25) is 10.2 Å². The Morgan fingerprint density at radius 3 is 3.17 bits per heavy atom. The van der Waals surface area contributed by atoms with Crippen molar-refractivity contribution in [3.05, 3.63) is 12.7 Å². The number of nitrogens with two attached hydrogens (primary N) is 1. The smallest absolute Gasteiger partial charge is 0.249 e. The summed E-state index contributed by atoms with van der Waals surface area (Å²) in [4.78, 5) is 26.6. The van der Waals surface area contributed by atoms with Gasteiger partial charge in [0.2, 0.25) is 5.91 Å². The van der Waals surface area contributed by atoms with E-state index in [9.17, 15) is 4.79 Å². The lowest BCUT2D eigenvalue weighted by Crippen LogP contribution is -2.39. The number of ether oxygens (including phenoxy) is 1. The maximum atomic E-state index is 11.6. The third kappa shape index (κ3) is 2.58. The first kappa shape index (κ1) is 12.7. The van der Waals surface area contributed by atoms with Crippen molar-refractivity contribution in [2.45, 2.75) is 10.3 Å². The molecule has 96 valence electrons. The van der Waals surface area contributed by atoms with Crippen molar-refractivity contribution in [1.29, 1.82) is 0 Å². The molecule has 2 aromatic heterocycles. The summed E-state index contributed by atoms with van der Waals surface area (Å²) >= 11 is 1.24. The highest BCUT2D eigenvalue weighted by atomic mass is 32.2. The molecule has 0 saturated heterocycles. The molecule has 0 bridgehead atoms. The van der Waals surface area contributed by atoms with Gasteiger partial charge in [0.25, 0.3) is 0 Å². The maximum absolute atomic E-state index is 11.6. The fourth-order valence-corrected chi connectivity index (χ4v) is 2.40. The van der Waals surface area contributed by atoms with Crippen LogP contribution in [0, 0.1) is 0 Å². The molecule has 0 radical (unpaired) electrons. The van der Waals surface area contributed by atoms with Gasteiger partial charge in [-0.2, -0.15) is 0 Å². The Morgan fingerprint density at radius 1 is 1.61 bits per heavy atom. The van der Waals surface area contributed by atoms with Crippen molar-refractivity contribution in [3.8, 4) is 0 Å². The zero-order chi connectivity index (χ0) is 13.0. The topological polar surface area (TPSA) is 119 Å². The average molecular weight is 268 g/mol. The first-order chi connectivity index (χ1) is 8.76. The highest BCUT2D eigenvalue weighted by Gasteiger charge is 2.21. The summed E-state index contributed by atoms with van der Waals surface area (Å²) in [6, 6.07) is 0. The molecule has 0 fully saturated rings. The fourth-order valence-electron chi connectivity index (χ4n) is 1.37. The molecule has 18 heavy (non-hydrogen) atoms. The second-order valence-electron chi connectivity index (χ2n) is 3.35. The van der Waals surface area contributed by atoms with Crippen LogP contribution in [0.25, 0.3) is 11.2 Å². The molecule has 8 nitrogen and oxygen atoms in total. The first-order valence-corrected chi connectivity index (χ1v) is 5.94. The number of hydrogen-bond donors (Lipinski definition) is 3. The highest BCUT2D eigenvalue weighted by Crippen LogP contribution is 2.26. The predicted molar refractivity (Wildman–Crippen MR) is 65.5 cm³/mol. The molecule has 0 aliphatic heterocycles. The Balaban J connectivity index is 2.25. The number of carbonyl (C=O) groups is 1. The summed E-state index contributed by atoms with van der Waals surface area (Å²) in [5.74, 6) is 4.80. The lowest BCUT2D eigenvalue weighted by Gasteiger charge is -2.13. The minimum Gasteiger partial charge on any atom is -0.383 e. The number of fused-ring (bicyclic) bond motifs is 1. The van der Waals surface area contributed by atoms with E-state index in [0.29, 0.717) is 16.2 Å². The number of H-pyrrole nitrogens is 1. The van der Waals surface area contributed by atoms with Crippen LogP contribution in [0.4, 0.5) is 0 Å². The summed E-state index contributed by atoms with van der Waals surface area (Å²) < 4.78 is 4.99. The summed E-state index contributed by atoms with van der Waals surface area (Å²) in [5, 5.41) is 0.143. The number of thioether (sulfide) groups is 1. The van der Waals surface area contributed by atoms with E-state index < -0.39 is 5.25 Å². The number of amides is 1. The second kappa shape index (κ2) is 5.76. The molecule has 1 unspecified atom stereocenters. The third-order valence-corrected chi connectivity index (χ3v) is 3.36. The average Bonchev–Trinajstić information content (AvgIpc) is 2.86. The molecule has 4 N–H and O–H groups in total. The van der Waals surface area contributed by atoms with Crippen molar-refractivity contribution in [2.75, 3.05) is 13.7 Å². The van der Waals surface area contributed by atoms with Crippen LogP contribution >= 0.6 is 11.8 Å². The van der Waals surface area contributed by atoms with E-state index in [1.165, 1.54) is 31.5 Å². The normalized spacial score (nSPS) is 12.6. The van der Waals surface area contributed by atoms with Gasteiger partial charge in [0.05, 0.1) is 12.9 Å². The molecule has 0 aliphatic rings. The molecule has 9 heteroatoms. The van der Waals surface area contributed by atoms with Crippen molar-refractivity contribution in [2.24, 2.45) is 5.84 Å². The van der Waals surface area contributed by atoms with E-state index in [1.54, 1.807) is 0 Å². The van der Waals surface area contributed by atoms with Gasteiger partial charge in [-0.05, 0) is 0 Å². The monoisotopic (exact) mass is 268 g/mol. The number of methoxy groups -OCH3 is 1. The van der Waals surface area contributed by atoms with Crippen molar-refractivity contribution in [3.63, 3.8) is 0 Å². The number of hydrogen-bond acceptors (Lipinski definition) is 7. The molecular formula is C9H12N6O2S. The second-order valence-corrected chi connectivity index (χ2v) is 4.54. The Hall–Kier alpha value is -1.71. The van der Waals surface area contributed by atoms with Crippen molar-refractivity contribution >= 4 is 28.8 Å². The van der Waals surface area contributed by atoms with Gasteiger partial charge in [-0.15, -0.1) is 0 Å². The van der Waals surface area contributed by atoms with Gasteiger partial charge >= 0.3 is 0 Å². The van der Waals surface area contributed by atoms with Gasteiger partial charge in [0, 0.05) is 7.11 Å². The van der Waals surface area contributed by atoms with E-state index in [-0.39, 0.29) is 12.5 Å². The quantitative estimate of drug-likeness (QED) is 0.219. The summed E-state index contributed by atoms with van der Waals surface area (Å²) in [5.41, 5.74) is 3.34. The summed E-state index contributed by atoms with van der Waals surface area (Å²) in [6.07, 6.45) is 2.92. The van der Waals surface area contributed by atoms with Crippen LogP contribution in [-0.4, -0.2) is 44.8 Å². The SMILES string of the molecule is COCC(Sc1ncnc2nc[nH]c12)C(=O)NN. The largest absolute Gasteiger partial charge is 0.383 e. The molecular weight excluding hydrogens is 256 g/mol. The number of imidazole rings is 1. The Morgan fingerprint density at radius 2 is 2.44 bits per heavy atom. The number of carbonyl (C=O) groups excluding carboxylic acids is 1. The summed E-state index contributed by atoms with van der Waals surface area (Å²) in [7, 11) is 1.52. The van der Waals surface area contributed by atoms with E-state index in [4.69, 9.17) is 10.6 Å². The van der Waals surface area contributed by atoms with Crippen molar-refractivity contribution < 1.29 is 9.53 Å². The molecule has 2 heterocycles.